The summed E-state index contributed by atoms with van der Waals surface area (Å²) in [6, 6.07) is 14.9. The number of rotatable bonds is 8. The van der Waals surface area contributed by atoms with E-state index in [-0.39, 0.29) is 22.9 Å². The fourth-order valence-corrected chi connectivity index (χ4v) is 5.03. The highest BCUT2D eigenvalue weighted by molar-refractivity contribution is 9.10. The quantitative estimate of drug-likeness (QED) is 0.255. The number of imide groups is 1. The second-order valence-electron chi connectivity index (χ2n) is 8.29. The zero-order chi connectivity index (χ0) is 29.0. The van der Waals surface area contributed by atoms with E-state index in [4.69, 9.17) is 21.1 Å². The lowest BCUT2D eigenvalue weighted by Gasteiger charge is -2.16. The zero-order valence-corrected chi connectivity index (χ0v) is 23.7. The van der Waals surface area contributed by atoms with Crippen LogP contribution in [0, 0.1) is 0 Å². The van der Waals surface area contributed by atoms with E-state index < -0.39 is 35.3 Å². The number of alkyl halides is 3. The minimum absolute atomic E-state index is 0.0191. The highest BCUT2D eigenvalue weighted by atomic mass is 79.9. The Bertz CT molecular complexity index is 1520. The van der Waals surface area contributed by atoms with Gasteiger partial charge in [0.15, 0.2) is 0 Å². The molecule has 1 fully saturated rings. The highest BCUT2D eigenvalue weighted by Gasteiger charge is 2.37. The SMILES string of the molecule is COc1ccc(C(F)(F)F)cc1NC(=O)CN1C(=O)S/C(=C\c2cc(Br)ccc2OCc2ccccc2Cl)C1=O. The second kappa shape index (κ2) is 12.4. The fourth-order valence-electron chi connectivity index (χ4n) is 3.63. The first-order chi connectivity index (χ1) is 19.0. The number of hydrogen-bond donors (Lipinski definition) is 1. The number of nitrogens with one attached hydrogen (secondary N) is 1. The van der Waals surface area contributed by atoms with Crippen molar-refractivity contribution in [2.24, 2.45) is 0 Å². The van der Waals surface area contributed by atoms with Gasteiger partial charge in [0.1, 0.15) is 24.7 Å². The third-order valence-corrected chi connectivity index (χ3v) is 7.35. The van der Waals surface area contributed by atoms with E-state index >= 15 is 0 Å². The molecule has 1 heterocycles. The van der Waals surface area contributed by atoms with E-state index in [1.165, 1.54) is 13.2 Å². The predicted molar refractivity (Wildman–Crippen MR) is 149 cm³/mol. The third kappa shape index (κ3) is 6.98. The Balaban J connectivity index is 1.50. The van der Waals surface area contributed by atoms with Crippen LogP contribution in [0.1, 0.15) is 16.7 Å². The maximum absolute atomic E-state index is 13.1. The number of ether oxygens (including phenoxy) is 2. The summed E-state index contributed by atoms with van der Waals surface area (Å²) in [4.78, 5) is 39.0. The molecule has 0 saturated carbocycles. The van der Waals surface area contributed by atoms with Crippen LogP contribution in [0.15, 0.2) is 70.0 Å². The lowest BCUT2D eigenvalue weighted by atomic mass is 10.1. The summed E-state index contributed by atoms with van der Waals surface area (Å²) in [5.74, 6) is -1.22. The molecule has 3 amide bonds. The topological polar surface area (TPSA) is 84.9 Å². The first-order valence-electron chi connectivity index (χ1n) is 11.4. The van der Waals surface area contributed by atoms with Crippen molar-refractivity contribution in [2.75, 3.05) is 19.0 Å². The Labute approximate surface area is 244 Å². The number of thioether (sulfide) groups is 1. The standard InChI is InChI=1S/C27H19BrClF3N2O5S/c1-38-22-8-6-17(27(30,31)32)12-20(22)33-24(35)13-34-25(36)23(40-26(34)37)11-16-10-18(28)7-9-21(16)39-14-15-4-2-3-5-19(15)29/h2-12H,13-14H2,1H3,(H,33,35)/b23-11-. The molecule has 1 aliphatic rings. The lowest BCUT2D eigenvalue weighted by molar-refractivity contribution is -0.137. The molecule has 4 rings (SSSR count). The molecule has 40 heavy (non-hydrogen) atoms. The monoisotopic (exact) mass is 654 g/mol. The average molecular weight is 656 g/mol. The van der Waals surface area contributed by atoms with Gasteiger partial charge in [-0.25, -0.2) is 0 Å². The van der Waals surface area contributed by atoms with Gasteiger partial charge < -0.3 is 14.8 Å². The van der Waals surface area contributed by atoms with Crippen LogP contribution >= 0.6 is 39.3 Å². The maximum Gasteiger partial charge on any atom is 0.416 e. The summed E-state index contributed by atoms with van der Waals surface area (Å²) in [6.45, 7) is -0.557. The predicted octanol–water partition coefficient (Wildman–Crippen LogP) is 7.38. The molecule has 0 radical (unpaired) electrons. The van der Waals surface area contributed by atoms with E-state index in [1.54, 1.807) is 30.3 Å². The van der Waals surface area contributed by atoms with Crippen LogP contribution in [0.2, 0.25) is 5.02 Å². The van der Waals surface area contributed by atoms with Crippen molar-refractivity contribution in [3.63, 3.8) is 0 Å². The summed E-state index contributed by atoms with van der Waals surface area (Å²) in [7, 11) is 1.23. The summed E-state index contributed by atoms with van der Waals surface area (Å²) in [6.07, 6.45) is -3.18. The molecule has 3 aromatic rings. The molecule has 208 valence electrons. The van der Waals surface area contributed by atoms with Crippen LogP contribution in [-0.2, 0) is 22.4 Å². The van der Waals surface area contributed by atoms with Crippen LogP contribution in [0.4, 0.5) is 23.7 Å². The zero-order valence-electron chi connectivity index (χ0n) is 20.6. The number of halogens is 5. The minimum atomic E-state index is -4.65. The number of carbonyl (C=O) groups is 3. The number of amides is 3. The van der Waals surface area contributed by atoms with Gasteiger partial charge in [0.2, 0.25) is 5.91 Å². The van der Waals surface area contributed by atoms with Crippen LogP contribution in [0.25, 0.3) is 6.08 Å². The van der Waals surface area contributed by atoms with Crippen molar-refractivity contribution < 1.29 is 37.0 Å². The summed E-state index contributed by atoms with van der Waals surface area (Å²) < 4.78 is 51.0. The van der Waals surface area contributed by atoms with Crippen LogP contribution in [0.5, 0.6) is 11.5 Å². The molecular weight excluding hydrogens is 637 g/mol. The summed E-state index contributed by atoms with van der Waals surface area (Å²) in [5, 5.41) is 2.10. The molecule has 3 aromatic carbocycles. The number of anilines is 1. The van der Waals surface area contributed by atoms with Gasteiger partial charge in [-0.05, 0) is 60.3 Å². The van der Waals surface area contributed by atoms with Gasteiger partial charge in [0, 0.05) is 20.6 Å². The average Bonchev–Trinajstić information content (AvgIpc) is 3.15. The Morgan fingerprint density at radius 2 is 1.82 bits per heavy atom. The van der Waals surface area contributed by atoms with Crippen molar-refractivity contribution in [3.8, 4) is 11.5 Å². The Hall–Kier alpha value is -3.48. The van der Waals surface area contributed by atoms with E-state index in [9.17, 15) is 27.6 Å². The van der Waals surface area contributed by atoms with E-state index in [0.717, 1.165) is 17.7 Å². The van der Waals surface area contributed by atoms with Gasteiger partial charge in [-0.1, -0.05) is 45.7 Å². The van der Waals surface area contributed by atoms with Crippen molar-refractivity contribution in [1.29, 1.82) is 0 Å². The molecule has 0 unspecified atom stereocenters. The smallest absolute Gasteiger partial charge is 0.416 e. The molecule has 0 aromatic heterocycles. The van der Waals surface area contributed by atoms with Crippen LogP contribution in [-0.4, -0.2) is 35.6 Å². The third-order valence-electron chi connectivity index (χ3n) is 5.58. The lowest BCUT2D eigenvalue weighted by Crippen LogP contribution is -2.36. The molecule has 0 spiro atoms. The van der Waals surface area contributed by atoms with Crippen molar-refractivity contribution in [3.05, 3.63) is 91.8 Å². The molecule has 0 aliphatic carbocycles. The van der Waals surface area contributed by atoms with Gasteiger partial charge >= 0.3 is 6.18 Å². The van der Waals surface area contributed by atoms with E-state index in [1.807, 2.05) is 12.1 Å². The molecule has 7 nitrogen and oxygen atoms in total. The summed E-state index contributed by atoms with van der Waals surface area (Å²) in [5.41, 5.74) is -0.00887. The largest absolute Gasteiger partial charge is 0.495 e. The molecule has 0 atom stereocenters. The second-order valence-corrected chi connectivity index (χ2v) is 10.6. The summed E-state index contributed by atoms with van der Waals surface area (Å²) >= 11 is 10.2. The number of nitrogens with zero attached hydrogens (tertiary/aromatic N) is 1. The van der Waals surface area contributed by atoms with Gasteiger partial charge in [0.25, 0.3) is 11.1 Å². The maximum atomic E-state index is 13.1. The number of hydrogen-bond acceptors (Lipinski definition) is 6. The van der Waals surface area contributed by atoms with Crippen LogP contribution in [0.3, 0.4) is 0 Å². The van der Waals surface area contributed by atoms with Gasteiger partial charge in [0.05, 0.1) is 23.3 Å². The van der Waals surface area contributed by atoms with Gasteiger partial charge in [-0.3, -0.25) is 19.3 Å². The first-order valence-corrected chi connectivity index (χ1v) is 13.4. The van der Waals surface area contributed by atoms with E-state index in [0.29, 0.717) is 43.5 Å². The minimum Gasteiger partial charge on any atom is -0.495 e. The molecule has 1 saturated heterocycles. The number of methoxy groups -OCH3 is 1. The Morgan fingerprint density at radius 1 is 1.10 bits per heavy atom. The molecule has 1 N–H and O–H groups in total. The molecule has 1 aliphatic heterocycles. The molecule has 13 heteroatoms. The number of carbonyl (C=O) groups excluding carboxylic acids is 3. The van der Waals surface area contributed by atoms with Crippen LogP contribution < -0.4 is 14.8 Å². The Kier molecular flexibility index (Phi) is 9.12. The van der Waals surface area contributed by atoms with Crippen molar-refractivity contribution in [1.82, 2.24) is 4.90 Å². The Morgan fingerprint density at radius 3 is 2.52 bits per heavy atom. The van der Waals surface area contributed by atoms with Crippen molar-refractivity contribution >= 4 is 68.1 Å². The van der Waals surface area contributed by atoms with Gasteiger partial charge in [-0.2, -0.15) is 13.2 Å². The normalized spacial score (nSPS) is 14.6. The molecular formula is C27H19BrClF3N2O5S. The fraction of sp³-hybridized carbons (Fsp3) is 0.148. The molecule has 0 bridgehead atoms. The first kappa shape index (κ1) is 29.5. The van der Waals surface area contributed by atoms with Crippen molar-refractivity contribution in [2.45, 2.75) is 12.8 Å². The van der Waals surface area contributed by atoms with E-state index in [2.05, 4.69) is 21.2 Å². The highest BCUT2D eigenvalue weighted by Crippen LogP contribution is 2.37. The van der Waals surface area contributed by atoms with Gasteiger partial charge in [-0.15, -0.1) is 0 Å². The number of benzene rings is 3.